The average molecular weight is 381 g/mol. The van der Waals surface area contributed by atoms with Crippen LogP contribution in [-0.2, 0) is 6.42 Å². The summed E-state index contributed by atoms with van der Waals surface area (Å²) in [6.45, 7) is 0.726. The Hall–Kier alpha value is -4.11. The van der Waals surface area contributed by atoms with Crippen molar-refractivity contribution in [2.45, 2.75) is 6.42 Å². The number of nitriles is 1. The van der Waals surface area contributed by atoms with Crippen molar-refractivity contribution in [2.24, 2.45) is 0 Å². The first-order valence-electron chi connectivity index (χ1n) is 9.28. The van der Waals surface area contributed by atoms with Crippen molar-refractivity contribution < 1.29 is 4.79 Å². The lowest BCUT2D eigenvalue weighted by molar-refractivity contribution is 0.102. The number of aromatic amines is 1. The van der Waals surface area contributed by atoms with E-state index in [9.17, 15) is 4.79 Å². The Morgan fingerprint density at radius 1 is 1.07 bits per heavy atom. The number of nitrogens with one attached hydrogen (secondary N) is 3. The van der Waals surface area contributed by atoms with Gasteiger partial charge < -0.3 is 15.6 Å². The van der Waals surface area contributed by atoms with Crippen LogP contribution in [0.3, 0.4) is 0 Å². The maximum Gasteiger partial charge on any atom is 0.257 e. The van der Waals surface area contributed by atoms with Gasteiger partial charge in [0.2, 0.25) is 0 Å². The van der Waals surface area contributed by atoms with Gasteiger partial charge in [0.1, 0.15) is 0 Å². The molecule has 0 aliphatic heterocycles. The number of carbonyl (C=O) groups is 1. The molecule has 0 atom stereocenters. The summed E-state index contributed by atoms with van der Waals surface area (Å²) < 4.78 is 0. The minimum absolute atomic E-state index is 0.248. The second-order valence-corrected chi connectivity index (χ2v) is 6.64. The molecule has 0 bridgehead atoms. The van der Waals surface area contributed by atoms with Gasteiger partial charge in [0.25, 0.3) is 5.91 Å². The Labute approximate surface area is 168 Å². The van der Waals surface area contributed by atoms with Crippen LogP contribution in [0.15, 0.2) is 73.2 Å². The lowest BCUT2D eigenvalue weighted by atomic mass is 10.1. The number of pyridine rings is 1. The number of nitrogens with zero attached hydrogens (tertiary/aromatic N) is 2. The minimum atomic E-state index is -0.248. The highest BCUT2D eigenvalue weighted by atomic mass is 16.1. The van der Waals surface area contributed by atoms with E-state index in [-0.39, 0.29) is 5.91 Å². The highest BCUT2D eigenvalue weighted by molar-refractivity contribution is 6.04. The van der Waals surface area contributed by atoms with Gasteiger partial charge in [-0.2, -0.15) is 5.26 Å². The van der Waals surface area contributed by atoms with E-state index in [0.717, 1.165) is 24.2 Å². The van der Waals surface area contributed by atoms with E-state index < -0.39 is 0 Å². The summed E-state index contributed by atoms with van der Waals surface area (Å²) in [7, 11) is 0. The number of benzene rings is 2. The number of hydrogen-bond acceptors (Lipinski definition) is 4. The van der Waals surface area contributed by atoms with E-state index in [2.05, 4.69) is 38.8 Å². The molecule has 0 aliphatic rings. The quantitative estimate of drug-likeness (QED) is 0.463. The molecule has 0 spiro atoms. The van der Waals surface area contributed by atoms with Gasteiger partial charge in [-0.3, -0.25) is 9.78 Å². The van der Waals surface area contributed by atoms with E-state index >= 15 is 0 Å². The average Bonchev–Trinajstić information content (AvgIpc) is 3.18. The zero-order valence-corrected chi connectivity index (χ0v) is 15.6. The largest absolute Gasteiger partial charge is 0.383 e. The molecule has 0 aliphatic carbocycles. The monoisotopic (exact) mass is 381 g/mol. The molecule has 4 rings (SSSR count). The van der Waals surface area contributed by atoms with Crippen LogP contribution in [0.2, 0.25) is 0 Å². The lowest BCUT2D eigenvalue weighted by Gasteiger charge is -2.09. The second kappa shape index (κ2) is 8.28. The first-order valence-corrected chi connectivity index (χ1v) is 9.28. The van der Waals surface area contributed by atoms with Crippen molar-refractivity contribution in [3.05, 3.63) is 89.9 Å². The molecule has 2 aromatic heterocycles. The maximum absolute atomic E-state index is 12.5. The van der Waals surface area contributed by atoms with Crippen molar-refractivity contribution in [1.82, 2.24) is 9.97 Å². The number of aromatic nitrogens is 2. The number of rotatable bonds is 6. The highest BCUT2D eigenvalue weighted by Gasteiger charge is 2.08. The van der Waals surface area contributed by atoms with E-state index in [1.165, 1.54) is 17.1 Å². The van der Waals surface area contributed by atoms with Crippen LogP contribution >= 0.6 is 0 Å². The number of H-pyrrole nitrogens is 1. The van der Waals surface area contributed by atoms with Crippen molar-refractivity contribution in [2.75, 3.05) is 17.2 Å². The molecule has 6 heteroatoms. The van der Waals surface area contributed by atoms with Crippen molar-refractivity contribution >= 4 is 28.2 Å². The summed E-state index contributed by atoms with van der Waals surface area (Å²) in [4.78, 5) is 19.9. The van der Waals surface area contributed by atoms with Gasteiger partial charge >= 0.3 is 0 Å². The number of amides is 1. The Kier molecular flexibility index (Phi) is 5.21. The smallest absolute Gasteiger partial charge is 0.257 e. The van der Waals surface area contributed by atoms with Crippen molar-refractivity contribution in [3.63, 3.8) is 0 Å². The van der Waals surface area contributed by atoms with E-state index in [1.807, 2.05) is 18.3 Å². The molecule has 142 valence electrons. The standard InChI is InChI=1S/C23H19N5O/c24-12-16-5-7-19(8-6-16)28-23(29)18-11-20(15-25-13-18)26-10-9-17-14-27-22-4-2-1-3-21(17)22/h1-8,11,13-15,26-27H,9-10H2,(H,28,29). The summed E-state index contributed by atoms with van der Waals surface area (Å²) in [6.07, 6.45) is 6.12. The lowest BCUT2D eigenvalue weighted by Crippen LogP contribution is -2.13. The highest BCUT2D eigenvalue weighted by Crippen LogP contribution is 2.18. The molecule has 2 aromatic carbocycles. The summed E-state index contributed by atoms with van der Waals surface area (Å²) in [5.74, 6) is -0.248. The SMILES string of the molecule is N#Cc1ccc(NC(=O)c2cncc(NCCc3c[nH]c4ccccc34)c2)cc1. The molecular weight excluding hydrogens is 362 g/mol. The van der Waals surface area contributed by atoms with Crippen molar-refractivity contribution in [3.8, 4) is 6.07 Å². The minimum Gasteiger partial charge on any atom is -0.383 e. The molecule has 0 saturated heterocycles. The molecule has 0 saturated carbocycles. The third-order valence-electron chi connectivity index (χ3n) is 4.67. The topological polar surface area (TPSA) is 93.6 Å². The van der Waals surface area contributed by atoms with E-state index in [4.69, 9.17) is 5.26 Å². The molecule has 2 heterocycles. The van der Waals surface area contributed by atoms with Crippen LogP contribution in [0.25, 0.3) is 10.9 Å². The fourth-order valence-corrected chi connectivity index (χ4v) is 3.17. The molecule has 1 amide bonds. The molecule has 0 unspecified atom stereocenters. The number of anilines is 2. The first-order chi connectivity index (χ1) is 14.2. The van der Waals surface area contributed by atoms with E-state index in [0.29, 0.717) is 16.8 Å². The molecule has 0 fully saturated rings. The molecule has 4 aromatic rings. The Bertz CT molecular complexity index is 1190. The van der Waals surface area contributed by atoms with Crippen LogP contribution in [0.1, 0.15) is 21.5 Å². The first kappa shape index (κ1) is 18.3. The third-order valence-corrected chi connectivity index (χ3v) is 4.67. The van der Waals surface area contributed by atoms with Gasteiger partial charge in [-0.05, 0) is 48.4 Å². The van der Waals surface area contributed by atoms with Gasteiger partial charge in [-0.1, -0.05) is 18.2 Å². The normalized spacial score (nSPS) is 10.4. The summed E-state index contributed by atoms with van der Waals surface area (Å²) in [6, 6.07) is 18.8. The fourth-order valence-electron chi connectivity index (χ4n) is 3.17. The van der Waals surface area contributed by atoms with E-state index in [1.54, 1.807) is 36.5 Å². The zero-order chi connectivity index (χ0) is 20.1. The van der Waals surface area contributed by atoms with Crippen molar-refractivity contribution in [1.29, 1.82) is 5.26 Å². The third kappa shape index (κ3) is 4.25. The van der Waals surface area contributed by atoms with Gasteiger partial charge in [-0.15, -0.1) is 0 Å². The summed E-state index contributed by atoms with van der Waals surface area (Å²) in [5.41, 5.74) is 4.81. The van der Waals surface area contributed by atoms with Crippen LogP contribution < -0.4 is 10.6 Å². The molecular formula is C23H19N5O. The predicted octanol–water partition coefficient (Wildman–Crippen LogP) is 4.34. The Morgan fingerprint density at radius 2 is 1.90 bits per heavy atom. The Morgan fingerprint density at radius 3 is 2.72 bits per heavy atom. The number of hydrogen-bond donors (Lipinski definition) is 3. The predicted molar refractivity (Wildman–Crippen MR) is 114 cm³/mol. The van der Waals surface area contributed by atoms with Crippen LogP contribution in [-0.4, -0.2) is 22.4 Å². The van der Waals surface area contributed by atoms with Gasteiger partial charge in [-0.25, -0.2) is 0 Å². The number of carbonyl (C=O) groups excluding carboxylic acids is 1. The van der Waals surface area contributed by atoms with Crippen LogP contribution in [0.5, 0.6) is 0 Å². The van der Waals surface area contributed by atoms with Crippen LogP contribution in [0.4, 0.5) is 11.4 Å². The number of fused-ring (bicyclic) bond motifs is 1. The zero-order valence-electron chi connectivity index (χ0n) is 15.6. The molecule has 0 radical (unpaired) electrons. The molecule has 29 heavy (non-hydrogen) atoms. The Balaban J connectivity index is 1.37. The van der Waals surface area contributed by atoms with Gasteiger partial charge in [0.15, 0.2) is 0 Å². The molecule has 6 nitrogen and oxygen atoms in total. The maximum atomic E-state index is 12.5. The molecule has 3 N–H and O–H groups in total. The fraction of sp³-hybridized carbons (Fsp3) is 0.0870. The summed E-state index contributed by atoms with van der Waals surface area (Å²) >= 11 is 0. The number of para-hydroxylation sites is 1. The van der Waals surface area contributed by atoms with Crippen LogP contribution in [0, 0.1) is 11.3 Å². The van der Waals surface area contributed by atoms with Gasteiger partial charge in [0.05, 0.1) is 22.9 Å². The summed E-state index contributed by atoms with van der Waals surface area (Å²) in [5, 5.41) is 16.2. The second-order valence-electron chi connectivity index (χ2n) is 6.64. The van der Waals surface area contributed by atoms with Gasteiger partial charge in [0, 0.05) is 41.7 Å².